The second-order valence-corrected chi connectivity index (χ2v) is 4.54. The highest BCUT2D eigenvalue weighted by atomic mass is 16.5. The number of ether oxygens (including phenoxy) is 1. The van der Waals surface area contributed by atoms with Crippen molar-refractivity contribution in [2.75, 3.05) is 0 Å². The Labute approximate surface area is 117 Å². The van der Waals surface area contributed by atoms with E-state index in [0.717, 1.165) is 16.5 Å². The number of aromatic nitrogens is 1. The molecule has 0 saturated carbocycles. The number of hydrogen-bond acceptors (Lipinski definition) is 3. The Morgan fingerprint density at radius 1 is 1.05 bits per heavy atom. The zero-order chi connectivity index (χ0) is 13.9. The van der Waals surface area contributed by atoms with Crippen LogP contribution >= 0.6 is 0 Å². The molecule has 0 N–H and O–H groups in total. The summed E-state index contributed by atoms with van der Waals surface area (Å²) >= 11 is 0. The highest BCUT2D eigenvalue weighted by Crippen LogP contribution is 2.31. The van der Waals surface area contributed by atoms with E-state index in [1.54, 1.807) is 12.3 Å². The van der Waals surface area contributed by atoms with Crippen LogP contribution in [0.1, 0.15) is 11.1 Å². The van der Waals surface area contributed by atoms with Crippen LogP contribution in [0.2, 0.25) is 0 Å². The largest absolute Gasteiger partial charge is 0.455 e. The number of aryl methyl sites for hydroxylation is 1. The fourth-order valence-corrected chi connectivity index (χ4v) is 2.09. The van der Waals surface area contributed by atoms with Gasteiger partial charge in [-0.15, -0.1) is 0 Å². The molecule has 3 nitrogen and oxygen atoms in total. The minimum absolute atomic E-state index is 0.525. The first kappa shape index (κ1) is 12.2. The van der Waals surface area contributed by atoms with Crippen LogP contribution in [-0.2, 0) is 0 Å². The van der Waals surface area contributed by atoms with Gasteiger partial charge in [-0.1, -0.05) is 12.1 Å². The summed E-state index contributed by atoms with van der Waals surface area (Å²) in [6.45, 7) is 1.97. The molecule has 0 saturated heterocycles. The van der Waals surface area contributed by atoms with Gasteiger partial charge in [0.25, 0.3) is 0 Å². The average Bonchev–Trinajstić information content (AvgIpc) is 2.48. The van der Waals surface area contributed by atoms with Crippen LogP contribution in [0.5, 0.6) is 11.5 Å². The van der Waals surface area contributed by atoms with Gasteiger partial charge in [0, 0.05) is 11.6 Å². The Kier molecular flexibility index (Phi) is 3.06. The third-order valence-electron chi connectivity index (χ3n) is 3.08. The molecular weight excluding hydrogens is 248 g/mol. The van der Waals surface area contributed by atoms with E-state index in [1.807, 2.05) is 49.4 Å². The van der Waals surface area contributed by atoms with Gasteiger partial charge >= 0.3 is 0 Å². The van der Waals surface area contributed by atoms with Crippen LogP contribution in [0.3, 0.4) is 0 Å². The molecule has 0 amide bonds. The van der Waals surface area contributed by atoms with Crippen molar-refractivity contribution in [2.45, 2.75) is 6.92 Å². The van der Waals surface area contributed by atoms with Crippen LogP contribution in [0.25, 0.3) is 10.9 Å². The topological polar surface area (TPSA) is 45.9 Å². The van der Waals surface area contributed by atoms with Gasteiger partial charge in [-0.2, -0.15) is 5.26 Å². The van der Waals surface area contributed by atoms with Crippen LogP contribution in [0.15, 0.2) is 54.7 Å². The second kappa shape index (κ2) is 5.02. The molecular formula is C17H12N2O. The molecule has 20 heavy (non-hydrogen) atoms. The van der Waals surface area contributed by atoms with Crippen molar-refractivity contribution < 1.29 is 4.74 Å². The smallest absolute Gasteiger partial charge is 0.145 e. The summed E-state index contributed by atoms with van der Waals surface area (Å²) in [4.78, 5) is 4.30. The maximum Gasteiger partial charge on any atom is 0.145 e. The fourth-order valence-electron chi connectivity index (χ4n) is 2.09. The Balaban J connectivity index is 2.10. The van der Waals surface area contributed by atoms with E-state index in [2.05, 4.69) is 11.1 Å². The van der Waals surface area contributed by atoms with Gasteiger partial charge in [-0.05, 0) is 48.9 Å². The van der Waals surface area contributed by atoms with E-state index in [9.17, 15) is 0 Å². The summed E-state index contributed by atoms with van der Waals surface area (Å²) in [6.07, 6.45) is 1.75. The predicted octanol–water partition coefficient (Wildman–Crippen LogP) is 4.21. The van der Waals surface area contributed by atoms with Crippen molar-refractivity contribution in [3.63, 3.8) is 0 Å². The number of fused-ring (bicyclic) bond motifs is 1. The molecule has 0 atom stereocenters. The summed E-state index contributed by atoms with van der Waals surface area (Å²) in [5.74, 6) is 1.28. The molecule has 3 heteroatoms. The third kappa shape index (κ3) is 2.19. The van der Waals surface area contributed by atoms with Crippen molar-refractivity contribution in [2.24, 2.45) is 0 Å². The Morgan fingerprint density at radius 2 is 1.95 bits per heavy atom. The van der Waals surface area contributed by atoms with Gasteiger partial charge in [0.15, 0.2) is 0 Å². The number of nitriles is 1. The van der Waals surface area contributed by atoms with E-state index in [0.29, 0.717) is 17.1 Å². The molecule has 0 fully saturated rings. The highest BCUT2D eigenvalue weighted by molar-refractivity contribution is 5.85. The minimum atomic E-state index is 0.525. The van der Waals surface area contributed by atoms with Crippen LogP contribution in [0.4, 0.5) is 0 Å². The van der Waals surface area contributed by atoms with E-state index in [4.69, 9.17) is 10.00 Å². The number of benzene rings is 2. The first-order valence-electron chi connectivity index (χ1n) is 6.30. The van der Waals surface area contributed by atoms with Crippen molar-refractivity contribution in [3.8, 4) is 17.6 Å². The Hall–Kier alpha value is -2.86. The zero-order valence-corrected chi connectivity index (χ0v) is 11.0. The molecule has 0 radical (unpaired) electrons. The molecule has 0 aliphatic carbocycles. The van der Waals surface area contributed by atoms with Crippen LogP contribution in [-0.4, -0.2) is 4.98 Å². The van der Waals surface area contributed by atoms with Crippen LogP contribution in [0, 0.1) is 18.3 Å². The van der Waals surface area contributed by atoms with Crippen LogP contribution < -0.4 is 4.74 Å². The number of hydrogen-bond donors (Lipinski definition) is 0. The lowest BCUT2D eigenvalue weighted by molar-refractivity contribution is 0.486. The summed E-state index contributed by atoms with van der Waals surface area (Å²) in [6, 6.07) is 17.2. The van der Waals surface area contributed by atoms with Crippen molar-refractivity contribution in [3.05, 3.63) is 65.9 Å². The molecule has 0 aliphatic heterocycles. The van der Waals surface area contributed by atoms with E-state index in [1.165, 1.54) is 0 Å². The number of nitrogens with zero attached hydrogens (tertiary/aromatic N) is 2. The van der Waals surface area contributed by atoms with Gasteiger partial charge in [0.1, 0.15) is 17.6 Å². The predicted molar refractivity (Wildman–Crippen MR) is 77.7 cm³/mol. The number of pyridine rings is 1. The molecule has 3 aromatic rings. The average molecular weight is 260 g/mol. The molecule has 0 aliphatic rings. The Morgan fingerprint density at radius 3 is 2.80 bits per heavy atom. The van der Waals surface area contributed by atoms with E-state index < -0.39 is 0 Å². The van der Waals surface area contributed by atoms with Crippen molar-refractivity contribution in [1.29, 1.82) is 5.26 Å². The maximum absolute atomic E-state index is 9.16. The lowest BCUT2D eigenvalue weighted by Gasteiger charge is -2.10. The number of rotatable bonds is 2. The van der Waals surface area contributed by atoms with Gasteiger partial charge in [-0.3, -0.25) is 4.98 Å². The van der Waals surface area contributed by atoms with Gasteiger partial charge < -0.3 is 4.74 Å². The molecule has 96 valence electrons. The second-order valence-electron chi connectivity index (χ2n) is 4.54. The first-order valence-corrected chi connectivity index (χ1v) is 6.30. The fraction of sp³-hybridized carbons (Fsp3) is 0.0588. The lowest BCUT2D eigenvalue weighted by Crippen LogP contribution is -1.91. The molecule has 0 spiro atoms. The normalized spacial score (nSPS) is 10.2. The molecule has 2 aromatic carbocycles. The van der Waals surface area contributed by atoms with Gasteiger partial charge in [0.2, 0.25) is 0 Å². The Bertz CT molecular complexity index is 813. The van der Waals surface area contributed by atoms with Crippen molar-refractivity contribution in [1.82, 2.24) is 4.98 Å². The van der Waals surface area contributed by atoms with Gasteiger partial charge in [0.05, 0.1) is 11.1 Å². The maximum atomic E-state index is 9.16. The molecule has 1 aromatic heterocycles. The monoisotopic (exact) mass is 260 g/mol. The summed E-state index contributed by atoms with van der Waals surface area (Å²) < 4.78 is 5.93. The molecule has 0 unspecified atom stereocenters. The zero-order valence-electron chi connectivity index (χ0n) is 11.0. The minimum Gasteiger partial charge on any atom is -0.455 e. The summed E-state index contributed by atoms with van der Waals surface area (Å²) in [5.41, 5.74) is 2.45. The van der Waals surface area contributed by atoms with Crippen molar-refractivity contribution >= 4 is 10.9 Å². The molecule has 0 bridgehead atoms. The quantitative estimate of drug-likeness (QED) is 0.693. The van der Waals surface area contributed by atoms with E-state index in [-0.39, 0.29) is 0 Å². The summed E-state index contributed by atoms with van der Waals surface area (Å²) in [7, 11) is 0. The van der Waals surface area contributed by atoms with Gasteiger partial charge in [-0.25, -0.2) is 0 Å². The van der Waals surface area contributed by atoms with E-state index >= 15 is 0 Å². The summed E-state index contributed by atoms with van der Waals surface area (Å²) in [5, 5.41) is 10.1. The standard InChI is InChI=1S/C17H12N2O/c1-12-7-8-13(11-18)17(10-12)20-16-6-2-5-15-14(16)4-3-9-19-15/h2-10H,1H3. The SMILES string of the molecule is Cc1ccc(C#N)c(Oc2cccc3ncccc23)c1. The lowest BCUT2D eigenvalue weighted by atomic mass is 10.1. The first-order chi connectivity index (χ1) is 9.78. The molecule has 1 heterocycles. The highest BCUT2D eigenvalue weighted by Gasteiger charge is 2.08. The molecule has 3 rings (SSSR count). The third-order valence-corrected chi connectivity index (χ3v) is 3.08.